The van der Waals surface area contributed by atoms with Crippen LogP contribution in [0.4, 0.5) is 5.69 Å². The van der Waals surface area contributed by atoms with Crippen molar-refractivity contribution in [2.24, 2.45) is 0 Å². The molecule has 3 rings (SSSR count). The van der Waals surface area contributed by atoms with Crippen LogP contribution in [0, 0.1) is 0 Å². The Balaban J connectivity index is 1.87. The molecule has 0 aliphatic rings. The normalized spacial score (nSPS) is 10.7. The number of methoxy groups -OCH3 is 1. The molecule has 0 heterocycles. The fraction of sp³-hybridized carbons (Fsp3) is 0.0833. The van der Waals surface area contributed by atoms with Crippen molar-refractivity contribution in [3.63, 3.8) is 0 Å². The maximum Gasteiger partial charge on any atom is 0.337 e. The molecule has 0 fully saturated rings. The monoisotopic (exact) mass is 387 g/mol. The van der Waals surface area contributed by atoms with Crippen LogP contribution in [0.2, 0.25) is 0 Å². The second kappa shape index (κ2) is 8.89. The van der Waals surface area contributed by atoms with E-state index in [1.807, 2.05) is 42.5 Å². The quantitative estimate of drug-likeness (QED) is 0.615. The summed E-state index contributed by atoms with van der Waals surface area (Å²) >= 11 is 0. The summed E-state index contributed by atoms with van der Waals surface area (Å²) < 4.78 is 5.14. The molecule has 1 N–H and O–H groups in total. The lowest BCUT2D eigenvalue weighted by Gasteiger charge is -2.20. The molecule has 3 aromatic rings. The lowest BCUT2D eigenvalue weighted by molar-refractivity contribution is 0.0697. The smallest absolute Gasteiger partial charge is 0.337 e. The van der Waals surface area contributed by atoms with Crippen molar-refractivity contribution in [1.29, 1.82) is 0 Å². The van der Waals surface area contributed by atoms with Crippen molar-refractivity contribution < 1.29 is 19.4 Å². The van der Waals surface area contributed by atoms with Gasteiger partial charge in [-0.3, -0.25) is 4.79 Å². The first-order valence-corrected chi connectivity index (χ1v) is 9.02. The SMILES string of the molecule is COc1ccc(C=Cc2ccc(N(C)C(=O)c3ccccc3)c(C(=O)O)c2)cc1. The van der Waals surface area contributed by atoms with E-state index >= 15 is 0 Å². The lowest BCUT2D eigenvalue weighted by Crippen LogP contribution is -2.27. The number of rotatable bonds is 6. The number of hydrogen-bond acceptors (Lipinski definition) is 3. The minimum absolute atomic E-state index is 0.0636. The summed E-state index contributed by atoms with van der Waals surface area (Å²) in [5.74, 6) is -0.590. The summed E-state index contributed by atoms with van der Waals surface area (Å²) in [6.45, 7) is 0. The molecule has 0 aliphatic heterocycles. The van der Waals surface area contributed by atoms with Gasteiger partial charge in [0.1, 0.15) is 5.75 Å². The molecular formula is C24H21NO4. The third kappa shape index (κ3) is 4.71. The van der Waals surface area contributed by atoms with Gasteiger partial charge in [0.15, 0.2) is 0 Å². The molecule has 1 amide bonds. The molecule has 3 aromatic carbocycles. The van der Waals surface area contributed by atoms with Crippen LogP contribution < -0.4 is 9.64 Å². The fourth-order valence-electron chi connectivity index (χ4n) is 2.91. The summed E-state index contributed by atoms with van der Waals surface area (Å²) in [6, 6.07) is 21.3. The van der Waals surface area contributed by atoms with Crippen molar-refractivity contribution in [1.82, 2.24) is 0 Å². The van der Waals surface area contributed by atoms with Crippen LogP contribution in [0.1, 0.15) is 31.8 Å². The number of nitrogens with zero attached hydrogens (tertiary/aromatic N) is 1. The Morgan fingerprint density at radius 2 is 1.52 bits per heavy atom. The zero-order valence-corrected chi connectivity index (χ0v) is 16.2. The predicted octanol–water partition coefficient (Wildman–Crippen LogP) is 4.84. The van der Waals surface area contributed by atoms with E-state index in [0.717, 1.165) is 16.9 Å². The van der Waals surface area contributed by atoms with E-state index in [2.05, 4.69) is 0 Å². The maximum atomic E-state index is 12.7. The Morgan fingerprint density at radius 1 is 0.897 bits per heavy atom. The maximum absolute atomic E-state index is 12.7. The highest BCUT2D eigenvalue weighted by Gasteiger charge is 2.19. The van der Waals surface area contributed by atoms with Gasteiger partial charge in [-0.15, -0.1) is 0 Å². The van der Waals surface area contributed by atoms with Crippen molar-refractivity contribution in [2.45, 2.75) is 0 Å². The van der Waals surface area contributed by atoms with Crippen LogP contribution >= 0.6 is 0 Å². The average molecular weight is 387 g/mol. The van der Waals surface area contributed by atoms with E-state index in [1.165, 1.54) is 4.90 Å². The summed E-state index contributed by atoms with van der Waals surface area (Å²) in [7, 11) is 3.18. The molecule has 0 aliphatic carbocycles. The third-order valence-corrected chi connectivity index (χ3v) is 4.52. The van der Waals surface area contributed by atoms with Gasteiger partial charge in [-0.05, 0) is 47.5 Å². The Kier molecular flexibility index (Phi) is 6.09. The van der Waals surface area contributed by atoms with E-state index in [0.29, 0.717) is 11.3 Å². The van der Waals surface area contributed by atoms with Gasteiger partial charge in [0.2, 0.25) is 0 Å². The Bertz CT molecular complexity index is 1040. The molecule has 0 radical (unpaired) electrons. The Labute approximate surface area is 169 Å². The number of benzene rings is 3. The van der Waals surface area contributed by atoms with Gasteiger partial charge in [-0.2, -0.15) is 0 Å². The van der Waals surface area contributed by atoms with Gasteiger partial charge >= 0.3 is 5.97 Å². The zero-order chi connectivity index (χ0) is 20.8. The number of carbonyl (C=O) groups is 2. The number of ether oxygens (including phenoxy) is 1. The summed E-state index contributed by atoms with van der Waals surface area (Å²) in [5.41, 5.74) is 2.59. The minimum Gasteiger partial charge on any atom is -0.497 e. The van der Waals surface area contributed by atoms with Gasteiger partial charge in [-0.25, -0.2) is 4.79 Å². The van der Waals surface area contributed by atoms with Crippen LogP contribution in [0.5, 0.6) is 5.75 Å². The molecule has 5 heteroatoms. The van der Waals surface area contributed by atoms with Gasteiger partial charge in [-0.1, -0.05) is 48.6 Å². The highest BCUT2D eigenvalue weighted by Crippen LogP contribution is 2.24. The Morgan fingerprint density at radius 3 is 2.14 bits per heavy atom. The molecule has 0 atom stereocenters. The molecule has 146 valence electrons. The van der Waals surface area contributed by atoms with Crippen LogP contribution in [-0.2, 0) is 0 Å². The summed E-state index contributed by atoms with van der Waals surface area (Å²) in [6.07, 6.45) is 3.72. The summed E-state index contributed by atoms with van der Waals surface area (Å²) in [4.78, 5) is 25.8. The van der Waals surface area contributed by atoms with Crippen LogP contribution in [0.3, 0.4) is 0 Å². The van der Waals surface area contributed by atoms with Crippen molar-refractivity contribution in [2.75, 3.05) is 19.1 Å². The van der Waals surface area contributed by atoms with E-state index in [1.54, 1.807) is 56.6 Å². The van der Waals surface area contributed by atoms with E-state index in [4.69, 9.17) is 4.74 Å². The number of aromatic carboxylic acids is 1. The Hall–Kier alpha value is -3.86. The molecule has 0 saturated carbocycles. The standard InChI is InChI=1S/C24H21NO4/c1-25(23(26)19-6-4-3-5-7-19)22-15-12-18(16-21(22)24(27)28)9-8-17-10-13-20(29-2)14-11-17/h3-16H,1-2H3,(H,27,28). The van der Waals surface area contributed by atoms with E-state index in [9.17, 15) is 14.7 Å². The highest BCUT2D eigenvalue weighted by molar-refractivity contribution is 6.09. The van der Waals surface area contributed by atoms with Gasteiger partial charge in [0.25, 0.3) is 5.91 Å². The zero-order valence-electron chi connectivity index (χ0n) is 16.2. The molecule has 0 aromatic heterocycles. The van der Waals surface area contributed by atoms with Crippen LogP contribution in [0.15, 0.2) is 72.8 Å². The number of carboxylic acid groups (broad SMARTS) is 1. The van der Waals surface area contributed by atoms with Crippen molar-refractivity contribution >= 4 is 29.7 Å². The van der Waals surface area contributed by atoms with Crippen LogP contribution in [-0.4, -0.2) is 31.1 Å². The second-order valence-corrected chi connectivity index (χ2v) is 6.42. The molecule has 5 nitrogen and oxygen atoms in total. The third-order valence-electron chi connectivity index (χ3n) is 4.52. The van der Waals surface area contributed by atoms with Crippen LogP contribution in [0.25, 0.3) is 12.2 Å². The molecule has 29 heavy (non-hydrogen) atoms. The number of amides is 1. The number of carboxylic acids is 1. The second-order valence-electron chi connectivity index (χ2n) is 6.42. The molecule has 0 bridgehead atoms. The van der Waals surface area contributed by atoms with Crippen molar-refractivity contribution in [3.05, 3.63) is 95.1 Å². The topological polar surface area (TPSA) is 66.8 Å². The lowest BCUT2D eigenvalue weighted by atomic mass is 10.1. The first kappa shape index (κ1) is 19.9. The van der Waals surface area contributed by atoms with Crippen molar-refractivity contribution in [3.8, 4) is 5.75 Å². The van der Waals surface area contributed by atoms with E-state index < -0.39 is 5.97 Å². The molecular weight excluding hydrogens is 366 g/mol. The largest absolute Gasteiger partial charge is 0.497 e. The number of hydrogen-bond donors (Lipinski definition) is 1. The fourth-order valence-corrected chi connectivity index (χ4v) is 2.91. The van der Waals surface area contributed by atoms with Gasteiger partial charge in [0.05, 0.1) is 18.4 Å². The molecule has 0 unspecified atom stereocenters. The first-order valence-electron chi connectivity index (χ1n) is 9.02. The molecule has 0 saturated heterocycles. The highest BCUT2D eigenvalue weighted by atomic mass is 16.5. The first-order chi connectivity index (χ1) is 14.0. The predicted molar refractivity (Wildman–Crippen MR) is 114 cm³/mol. The van der Waals surface area contributed by atoms with Gasteiger partial charge < -0.3 is 14.7 Å². The summed E-state index contributed by atoms with van der Waals surface area (Å²) in [5, 5.41) is 9.66. The average Bonchev–Trinajstić information content (AvgIpc) is 2.77. The number of anilines is 1. The van der Waals surface area contributed by atoms with E-state index in [-0.39, 0.29) is 11.5 Å². The minimum atomic E-state index is -1.09. The number of carbonyl (C=O) groups excluding carboxylic acids is 1. The molecule has 0 spiro atoms. The van der Waals surface area contributed by atoms with Gasteiger partial charge in [0, 0.05) is 12.6 Å².